The van der Waals surface area contributed by atoms with Gasteiger partial charge in [0.15, 0.2) is 0 Å². The van der Waals surface area contributed by atoms with Gasteiger partial charge in [0.2, 0.25) is 0 Å². The molecule has 1 unspecified atom stereocenters. The number of nitrogens with zero attached hydrogens (tertiary/aromatic N) is 1. The van der Waals surface area contributed by atoms with Crippen LogP contribution < -0.4 is 5.32 Å². The fraction of sp³-hybridized carbons (Fsp3) is 0.889. The van der Waals surface area contributed by atoms with Crippen molar-refractivity contribution in [3.8, 4) is 6.07 Å². The van der Waals surface area contributed by atoms with Crippen LogP contribution in [0.4, 0.5) is 0 Å². The maximum Gasteiger partial charge on any atom is 0.0700 e. The first-order valence-electron chi connectivity index (χ1n) is 4.18. The molecule has 0 rings (SSSR count). The van der Waals surface area contributed by atoms with Crippen LogP contribution in [0.25, 0.3) is 0 Å². The first-order valence-corrected chi connectivity index (χ1v) is 4.18. The predicted molar refractivity (Wildman–Crippen MR) is 47.1 cm³/mol. The molecule has 0 spiro atoms. The third-order valence-corrected chi connectivity index (χ3v) is 1.95. The Morgan fingerprint density at radius 2 is 2.09 bits per heavy atom. The molecule has 0 aliphatic heterocycles. The van der Waals surface area contributed by atoms with Gasteiger partial charge in [-0.1, -0.05) is 20.8 Å². The van der Waals surface area contributed by atoms with E-state index in [0.717, 1.165) is 13.0 Å². The summed E-state index contributed by atoms with van der Waals surface area (Å²) >= 11 is 0. The largest absolute Gasteiger partial charge is 0.313 e. The van der Waals surface area contributed by atoms with Gasteiger partial charge < -0.3 is 5.32 Å². The van der Waals surface area contributed by atoms with Crippen LogP contribution in [0.2, 0.25) is 0 Å². The summed E-state index contributed by atoms with van der Waals surface area (Å²) in [5.41, 5.74) is -0.190. The average Bonchev–Trinajstić information content (AvgIpc) is 2.00. The van der Waals surface area contributed by atoms with Gasteiger partial charge in [0.1, 0.15) is 0 Å². The Morgan fingerprint density at radius 3 is 2.36 bits per heavy atom. The van der Waals surface area contributed by atoms with Crippen molar-refractivity contribution in [2.75, 3.05) is 6.54 Å². The van der Waals surface area contributed by atoms with Crippen molar-refractivity contribution in [2.24, 2.45) is 5.41 Å². The zero-order chi connectivity index (χ0) is 8.91. The molecule has 0 bridgehead atoms. The van der Waals surface area contributed by atoms with Crippen LogP contribution in [0.5, 0.6) is 0 Å². The van der Waals surface area contributed by atoms with E-state index in [9.17, 15) is 0 Å². The Kier molecular flexibility index (Phi) is 4.14. The molecule has 0 saturated carbocycles. The third kappa shape index (κ3) is 4.00. The fourth-order valence-corrected chi connectivity index (χ4v) is 0.673. The van der Waals surface area contributed by atoms with Gasteiger partial charge in [0.05, 0.1) is 11.5 Å². The van der Waals surface area contributed by atoms with Gasteiger partial charge in [-0.2, -0.15) is 5.26 Å². The van der Waals surface area contributed by atoms with E-state index in [-0.39, 0.29) is 5.41 Å². The molecule has 0 aromatic carbocycles. The molecule has 0 aromatic heterocycles. The van der Waals surface area contributed by atoms with Gasteiger partial charge in [-0.25, -0.2) is 0 Å². The lowest BCUT2D eigenvalue weighted by Gasteiger charge is -2.21. The molecule has 0 saturated heterocycles. The summed E-state index contributed by atoms with van der Waals surface area (Å²) in [6, 6.07) is 2.79. The smallest absolute Gasteiger partial charge is 0.0700 e. The van der Waals surface area contributed by atoms with E-state index in [1.54, 1.807) is 0 Å². The Bertz CT molecular complexity index is 146. The summed E-state index contributed by atoms with van der Waals surface area (Å²) in [4.78, 5) is 0. The van der Waals surface area contributed by atoms with E-state index in [1.165, 1.54) is 0 Å². The third-order valence-electron chi connectivity index (χ3n) is 1.95. The zero-order valence-electron chi connectivity index (χ0n) is 7.94. The van der Waals surface area contributed by atoms with Gasteiger partial charge >= 0.3 is 0 Å². The van der Waals surface area contributed by atoms with Crippen molar-refractivity contribution in [1.82, 2.24) is 5.32 Å². The minimum atomic E-state index is -0.190. The Hall–Kier alpha value is -0.550. The lowest BCUT2D eigenvalue weighted by Crippen LogP contribution is -2.34. The van der Waals surface area contributed by atoms with Crippen molar-refractivity contribution in [3.63, 3.8) is 0 Å². The van der Waals surface area contributed by atoms with Crippen LogP contribution >= 0.6 is 0 Å². The average molecular weight is 154 g/mol. The van der Waals surface area contributed by atoms with Crippen LogP contribution in [0.15, 0.2) is 0 Å². The molecule has 1 atom stereocenters. The summed E-state index contributed by atoms with van der Waals surface area (Å²) in [6.07, 6.45) is 0.906. The molecule has 11 heavy (non-hydrogen) atoms. The summed E-state index contributed by atoms with van der Waals surface area (Å²) in [5.74, 6) is 0. The molecule has 2 nitrogen and oxygen atoms in total. The molecule has 64 valence electrons. The lowest BCUT2D eigenvalue weighted by molar-refractivity contribution is 0.374. The van der Waals surface area contributed by atoms with Crippen molar-refractivity contribution in [1.29, 1.82) is 5.26 Å². The van der Waals surface area contributed by atoms with Crippen LogP contribution in [0.1, 0.15) is 34.1 Å². The number of nitriles is 1. The SMILES string of the molecule is CCC(C)(C#N)CNC(C)C. The van der Waals surface area contributed by atoms with E-state index in [1.807, 2.05) is 13.8 Å². The molecule has 2 heteroatoms. The molecule has 1 N–H and O–H groups in total. The van der Waals surface area contributed by atoms with E-state index >= 15 is 0 Å². The number of nitrogens with one attached hydrogen (secondary N) is 1. The number of rotatable bonds is 4. The molecule has 0 aromatic rings. The van der Waals surface area contributed by atoms with E-state index in [2.05, 4.69) is 25.2 Å². The topological polar surface area (TPSA) is 35.8 Å². The molecule has 0 aliphatic rings. The highest BCUT2D eigenvalue weighted by atomic mass is 14.9. The second-order valence-corrected chi connectivity index (χ2v) is 3.56. The van der Waals surface area contributed by atoms with Crippen molar-refractivity contribution in [2.45, 2.75) is 40.2 Å². The summed E-state index contributed by atoms with van der Waals surface area (Å²) in [7, 11) is 0. The molecule has 0 aliphatic carbocycles. The van der Waals surface area contributed by atoms with Crippen LogP contribution in [0.3, 0.4) is 0 Å². The molecule has 0 radical (unpaired) electrons. The van der Waals surface area contributed by atoms with E-state index in [4.69, 9.17) is 5.26 Å². The highest BCUT2D eigenvalue weighted by molar-refractivity contribution is 4.96. The molecule has 0 fully saturated rings. The number of hydrogen-bond acceptors (Lipinski definition) is 2. The first kappa shape index (κ1) is 10.4. The maximum absolute atomic E-state index is 8.81. The van der Waals surface area contributed by atoms with E-state index in [0.29, 0.717) is 6.04 Å². The summed E-state index contributed by atoms with van der Waals surface area (Å²) < 4.78 is 0. The van der Waals surface area contributed by atoms with Crippen LogP contribution in [-0.2, 0) is 0 Å². The van der Waals surface area contributed by atoms with Gasteiger partial charge in [-0.15, -0.1) is 0 Å². The second-order valence-electron chi connectivity index (χ2n) is 3.56. The van der Waals surface area contributed by atoms with Crippen molar-refractivity contribution in [3.05, 3.63) is 0 Å². The Labute approximate surface area is 69.6 Å². The first-order chi connectivity index (χ1) is 5.04. The molecule has 0 amide bonds. The minimum Gasteiger partial charge on any atom is -0.313 e. The Morgan fingerprint density at radius 1 is 1.55 bits per heavy atom. The standard InChI is InChI=1S/C9H18N2/c1-5-9(4,6-10)7-11-8(2)3/h8,11H,5,7H2,1-4H3. The van der Waals surface area contributed by atoms with Gasteiger partial charge in [0.25, 0.3) is 0 Å². The zero-order valence-corrected chi connectivity index (χ0v) is 7.94. The monoisotopic (exact) mass is 154 g/mol. The normalized spacial score (nSPS) is 16.0. The lowest BCUT2D eigenvalue weighted by atomic mass is 9.89. The quantitative estimate of drug-likeness (QED) is 0.671. The summed E-state index contributed by atoms with van der Waals surface area (Å²) in [5, 5.41) is 12.1. The highest BCUT2D eigenvalue weighted by Crippen LogP contribution is 2.17. The fourth-order valence-electron chi connectivity index (χ4n) is 0.673. The van der Waals surface area contributed by atoms with Crippen molar-refractivity contribution < 1.29 is 0 Å². The van der Waals surface area contributed by atoms with Gasteiger partial charge in [-0.3, -0.25) is 0 Å². The maximum atomic E-state index is 8.81. The Balaban J connectivity index is 3.81. The molecular formula is C9H18N2. The summed E-state index contributed by atoms with van der Waals surface area (Å²) in [6.45, 7) is 9.01. The predicted octanol–water partition coefficient (Wildman–Crippen LogP) is 1.92. The van der Waals surface area contributed by atoms with Gasteiger partial charge in [0, 0.05) is 12.6 Å². The van der Waals surface area contributed by atoms with Crippen LogP contribution in [-0.4, -0.2) is 12.6 Å². The second kappa shape index (κ2) is 4.35. The van der Waals surface area contributed by atoms with Gasteiger partial charge in [-0.05, 0) is 13.3 Å². The van der Waals surface area contributed by atoms with Crippen LogP contribution in [0, 0.1) is 16.7 Å². The molecule has 0 heterocycles. The highest BCUT2D eigenvalue weighted by Gasteiger charge is 2.20. The van der Waals surface area contributed by atoms with E-state index < -0.39 is 0 Å². The minimum absolute atomic E-state index is 0.190. The number of hydrogen-bond donors (Lipinski definition) is 1. The molecular weight excluding hydrogens is 136 g/mol. The van der Waals surface area contributed by atoms with Crippen molar-refractivity contribution >= 4 is 0 Å².